The molecule has 0 aliphatic carbocycles. The minimum atomic E-state index is -0.380. The Kier molecular flexibility index (Phi) is 8.01. The Morgan fingerprint density at radius 3 is 2.51 bits per heavy atom. The van der Waals surface area contributed by atoms with Crippen molar-refractivity contribution < 1.29 is 14.3 Å². The first-order valence-corrected chi connectivity index (χ1v) is 13.7. The van der Waals surface area contributed by atoms with Crippen LogP contribution in [-0.2, 0) is 6.42 Å². The third kappa shape index (κ3) is 5.78. The number of carbonyl (C=O) groups is 1. The van der Waals surface area contributed by atoms with Crippen LogP contribution in [0.3, 0.4) is 0 Å². The SMILES string of the molecule is COc1cccc(OC(C)N2CCCCC2)c1CCN1CCC(n2ccc3ccc(C(N)=O)cc32)CC1. The van der Waals surface area contributed by atoms with Crippen molar-refractivity contribution in [1.82, 2.24) is 14.4 Å². The monoisotopic (exact) mass is 504 g/mol. The van der Waals surface area contributed by atoms with Gasteiger partial charge in [0, 0.05) is 61.6 Å². The van der Waals surface area contributed by atoms with Gasteiger partial charge in [-0.3, -0.25) is 9.69 Å². The molecule has 2 aliphatic heterocycles. The van der Waals surface area contributed by atoms with Crippen molar-refractivity contribution in [2.45, 2.75) is 57.7 Å². The lowest BCUT2D eigenvalue weighted by molar-refractivity contribution is 0.0253. The van der Waals surface area contributed by atoms with E-state index < -0.39 is 0 Å². The summed E-state index contributed by atoms with van der Waals surface area (Å²) >= 11 is 0. The van der Waals surface area contributed by atoms with E-state index >= 15 is 0 Å². The summed E-state index contributed by atoms with van der Waals surface area (Å²) in [6.07, 6.45) is 9.08. The quantitative estimate of drug-likeness (QED) is 0.452. The van der Waals surface area contributed by atoms with Crippen molar-refractivity contribution in [2.24, 2.45) is 5.73 Å². The number of carbonyl (C=O) groups excluding carboxylic acids is 1. The normalized spacial score (nSPS) is 18.6. The number of amides is 1. The van der Waals surface area contributed by atoms with Crippen molar-refractivity contribution in [3.8, 4) is 11.5 Å². The summed E-state index contributed by atoms with van der Waals surface area (Å²) in [5, 5.41) is 1.15. The summed E-state index contributed by atoms with van der Waals surface area (Å²) in [6, 6.07) is 14.4. The molecule has 0 saturated carbocycles. The van der Waals surface area contributed by atoms with Crippen LogP contribution in [0.2, 0.25) is 0 Å². The maximum Gasteiger partial charge on any atom is 0.248 e. The Morgan fingerprint density at radius 1 is 1.03 bits per heavy atom. The summed E-state index contributed by atoms with van der Waals surface area (Å²) in [5.41, 5.74) is 8.34. The van der Waals surface area contributed by atoms with Gasteiger partial charge in [0.2, 0.25) is 5.91 Å². The van der Waals surface area contributed by atoms with E-state index in [-0.39, 0.29) is 12.1 Å². The van der Waals surface area contributed by atoms with Crippen LogP contribution in [0.1, 0.15) is 61.0 Å². The Morgan fingerprint density at radius 2 is 1.78 bits per heavy atom. The predicted molar refractivity (Wildman–Crippen MR) is 147 cm³/mol. The number of piperidine rings is 2. The van der Waals surface area contributed by atoms with Crippen LogP contribution < -0.4 is 15.2 Å². The average molecular weight is 505 g/mol. The number of ether oxygens (including phenoxy) is 2. The first kappa shape index (κ1) is 25.6. The van der Waals surface area contributed by atoms with Gasteiger partial charge in [0.25, 0.3) is 0 Å². The predicted octanol–water partition coefficient (Wildman–Crippen LogP) is 4.84. The number of nitrogens with zero attached hydrogens (tertiary/aromatic N) is 3. The fraction of sp³-hybridized carbons (Fsp3) is 0.500. The van der Waals surface area contributed by atoms with Gasteiger partial charge in [-0.25, -0.2) is 0 Å². The second-order valence-electron chi connectivity index (χ2n) is 10.4. The molecule has 1 atom stereocenters. The average Bonchev–Trinajstić information content (AvgIpc) is 3.36. The molecule has 2 fully saturated rings. The maximum absolute atomic E-state index is 11.7. The van der Waals surface area contributed by atoms with Gasteiger partial charge in [-0.05, 0) is 74.7 Å². The zero-order valence-corrected chi connectivity index (χ0v) is 22.2. The van der Waals surface area contributed by atoms with Crippen LogP contribution in [-0.4, -0.2) is 66.3 Å². The van der Waals surface area contributed by atoms with Gasteiger partial charge < -0.3 is 24.7 Å². The lowest BCUT2D eigenvalue weighted by atomic mass is 10.0. The highest BCUT2D eigenvalue weighted by molar-refractivity contribution is 5.97. The highest BCUT2D eigenvalue weighted by Gasteiger charge is 2.24. The number of methoxy groups -OCH3 is 1. The molecule has 1 aromatic heterocycles. The molecule has 2 aliphatic rings. The summed E-state index contributed by atoms with van der Waals surface area (Å²) in [4.78, 5) is 16.7. The molecule has 0 radical (unpaired) electrons. The molecule has 2 saturated heterocycles. The molecule has 5 rings (SSSR count). The van der Waals surface area contributed by atoms with Crippen LogP contribution in [0.15, 0.2) is 48.7 Å². The Bertz CT molecular complexity index is 1210. The molecular formula is C30H40N4O3. The van der Waals surface area contributed by atoms with Gasteiger partial charge in [0.1, 0.15) is 17.7 Å². The number of nitrogens with two attached hydrogens (primary N) is 1. The van der Waals surface area contributed by atoms with E-state index in [1.165, 1.54) is 19.3 Å². The van der Waals surface area contributed by atoms with E-state index in [1.807, 2.05) is 24.3 Å². The number of hydrogen-bond donors (Lipinski definition) is 1. The smallest absolute Gasteiger partial charge is 0.248 e. The molecular weight excluding hydrogens is 464 g/mol. The Balaban J connectivity index is 1.21. The van der Waals surface area contributed by atoms with Gasteiger partial charge in [-0.15, -0.1) is 0 Å². The third-order valence-corrected chi connectivity index (χ3v) is 8.15. The lowest BCUT2D eigenvalue weighted by Gasteiger charge is -2.34. The van der Waals surface area contributed by atoms with E-state index in [0.29, 0.717) is 11.6 Å². The van der Waals surface area contributed by atoms with Gasteiger partial charge in [0.15, 0.2) is 0 Å². The van der Waals surface area contributed by atoms with Crippen LogP contribution in [0.4, 0.5) is 0 Å². The van der Waals surface area contributed by atoms with Crippen LogP contribution >= 0.6 is 0 Å². The fourth-order valence-corrected chi connectivity index (χ4v) is 5.95. The molecule has 37 heavy (non-hydrogen) atoms. The van der Waals surface area contributed by atoms with Crippen molar-refractivity contribution in [3.63, 3.8) is 0 Å². The van der Waals surface area contributed by atoms with E-state index in [0.717, 1.165) is 80.0 Å². The van der Waals surface area contributed by atoms with Crippen LogP contribution in [0.5, 0.6) is 11.5 Å². The molecule has 198 valence electrons. The number of hydrogen-bond acceptors (Lipinski definition) is 5. The van der Waals surface area contributed by atoms with E-state index in [1.54, 1.807) is 13.2 Å². The van der Waals surface area contributed by atoms with Gasteiger partial charge in [-0.2, -0.15) is 0 Å². The fourth-order valence-electron chi connectivity index (χ4n) is 5.95. The Hall–Kier alpha value is -3.03. The topological polar surface area (TPSA) is 73.0 Å². The Labute approximate surface area is 220 Å². The maximum atomic E-state index is 11.7. The molecule has 2 aromatic carbocycles. The summed E-state index contributed by atoms with van der Waals surface area (Å²) < 4.78 is 14.6. The molecule has 3 heterocycles. The first-order valence-electron chi connectivity index (χ1n) is 13.7. The largest absolute Gasteiger partial charge is 0.496 e. The highest BCUT2D eigenvalue weighted by Crippen LogP contribution is 2.32. The molecule has 0 bridgehead atoms. The minimum Gasteiger partial charge on any atom is -0.496 e. The zero-order valence-electron chi connectivity index (χ0n) is 22.2. The standard InChI is InChI=1S/C30H40N4O3/c1-22(33-15-4-3-5-16-33)37-29-8-6-7-28(36-2)26(29)14-19-32-17-12-25(13-18-32)34-20-11-23-9-10-24(30(31)35)21-27(23)34/h6-11,20-22,25H,3-5,12-19H2,1-2H3,(H2,31,35). The number of aromatic nitrogens is 1. The van der Waals surface area contributed by atoms with E-state index in [9.17, 15) is 4.79 Å². The summed E-state index contributed by atoms with van der Waals surface area (Å²) in [5.74, 6) is 1.47. The second kappa shape index (κ2) is 11.6. The number of benzene rings is 2. The molecule has 7 heteroatoms. The van der Waals surface area contributed by atoms with Crippen LogP contribution in [0, 0.1) is 0 Å². The van der Waals surface area contributed by atoms with Crippen molar-refractivity contribution in [1.29, 1.82) is 0 Å². The van der Waals surface area contributed by atoms with Crippen molar-refractivity contribution >= 4 is 16.8 Å². The van der Waals surface area contributed by atoms with E-state index in [4.69, 9.17) is 15.2 Å². The number of primary amides is 1. The molecule has 2 N–H and O–H groups in total. The summed E-state index contributed by atoms with van der Waals surface area (Å²) in [6.45, 7) is 7.42. The molecule has 1 amide bonds. The number of fused-ring (bicyclic) bond motifs is 1. The summed E-state index contributed by atoms with van der Waals surface area (Å²) in [7, 11) is 1.74. The second-order valence-corrected chi connectivity index (χ2v) is 10.4. The lowest BCUT2D eigenvalue weighted by Crippen LogP contribution is -2.41. The van der Waals surface area contributed by atoms with Gasteiger partial charge >= 0.3 is 0 Å². The van der Waals surface area contributed by atoms with Crippen molar-refractivity contribution in [3.05, 3.63) is 59.8 Å². The van der Waals surface area contributed by atoms with Gasteiger partial charge in [-0.1, -0.05) is 18.6 Å². The number of likely N-dealkylation sites (tertiary alicyclic amines) is 2. The zero-order chi connectivity index (χ0) is 25.8. The third-order valence-electron chi connectivity index (χ3n) is 8.15. The molecule has 3 aromatic rings. The molecule has 0 spiro atoms. The minimum absolute atomic E-state index is 0.0633. The van der Waals surface area contributed by atoms with Gasteiger partial charge in [0.05, 0.1) is 7.11 Å². The first-order chi connectivity index (χ1) is 18.0. The molecule has 7 nitrogen and oxygen atoms in total. The molecule has 1 unspecified atom stereocenters. The van der Waals surface area contributed by atoms with Crippen molar-refractivity contribution in [2.75, 3.05) is 39.8 Å². The highest BCUT2D eigenvalue weighted by atomic mass is 16.5. The van der Waals surface area contributed by atoms with E-state index in [2.05, 4.69) is 39.6 Å². The number of rotatable bonds is 9. The van der Waals surface area contributed by atoms with Crippen LogP contribution in [0.25, 0.3) is 10.9 Å².